The van der Waals surface area contributed by atoms with Gasteiger partial charge in [0.1, 0.15) is 12.4 Å². The second-order valence-corrected chi connectivity index (χ2v) is 6.03. The Morgan fingerprint density at radius 3 is 2.59 bits per heavy atom. The molecule has 27 heavy (non-hydrogen) atoms. The van der Waals surface area contributed by atoms with E-state index in [9.17, 15) is 5.11 Å². The van der Waals surface area contributed by atoms with Crippen molar-refractivity contribution in [2.75, 3.05) is 34.0 Å². The number of hydrogen-bond donors (Lipinski definition) is 1. The molecule has 0 radical (unpaired) electrons. The van der Waals surface area contributed by atoms with Crippen molar-refractivity contribution in [3.8, 4) is 17.2 Å². The summed E-state index contributed by atoms with van der Waals surface area (Å²) in [5, 5.41) is 10.5. The molecule has 0 unspecified atom stereocenters. The molecule has 0 saturated heterocycles. The van der Waals surface area contributed by atoms with Gasteiger partial charge in [-0.3, -0.25) is 0 Å². The number of aliphatic hydroxyl groups is 1. The van der Waals surface area contributed by atoms with Gasteiger partial charge in [-0.25, -0.2) is 0 Å². The highest BCUT2D eigenvalue weighted by atomic mass is 16.5. The zero-order chi connectivity index (χ0) is 19.5. The van der Waals surface area contributed by atoms with Crippen LogP contribution in [-0.2, 0) is 11.2 Å². The number of aliphatic hydroxyl groups excluding tert-OH is 1. The zero-order valence-electron chi connectivity index (χ0n) is 16.0. The molecular weight excluding hydrogens is 344 g/mol. The van der Waals surface area contributed by atoms with E-state index in [0.29, 0.717) is 37.7 Å². The van der Waals surface area contributed by atoms with Gasteiger partial charge in [-0.05, 0) is 48.2 Å². The molecule has 0 fully saturated rings. The van der Waals surface area contributed by atoms with Crippen LogP contribution in [0.3, 0.4) is 0 Å². The van der Waals surface area contributed by atoms with E-state index >= 15 is 0 Å². The van der Waals surface area contributed by atoms with Crippen LogP contribution in [-0.4, -0.2) is 39.1 Å². The van der Waals surface area contributed by atoms with Crippen molar-refractivity contribution in [3.63, 3.8) is 0 Å². The molecule has 1 atom stereocenters. The number of rotatable bonds is 12. The average Bonchev–Trinajstić information content (AvgIpc) is 2.71. The highest BCUT2D eigenvalue weighted by Crippen LogP contribution is 2.29. The molecule has 0 aliphatic carbocycles. The predicted octanol–water partition coefficient (Wildman–Crippen LogP) is 3.95. The first-order chi connectivity index (χ1) is 13.2. The van der Waals surface area contributed by atoms with Crippen LogP contribution in [0.5, 0.6) is 17.2 Å². The van der Waals surface area contributed by atoms with E-state index in [1.807, 2.05) is 42.5 Å². The van der Waals surface area contributed by atoms with Crippen LogP contribution in [0.1, 0.15) is 23.7 Å². The standard InChI is InChI=1S/C22H28O5/c1-4-12-26-13-14-27-19-7-5-6-18(16-19)20(23)10-8-17-9-11-21(24-2)22(15-17)25-3/h4-7,9,11,15-16,20,23H,1,8,10,12-14H2,2-3H3/t20-/m1/s1. The molecule has 0 saturated carbocycles. The van der Waals surface area contributed by atoms with E-state index in [1.165, 1.54) is 0 Å². The molecule has 0 aliphatic heterocycles. The first kappa shape index (κ1) is 20.8. The van der Waals surface area contributed by atoms with Crippen LogP contribution >= 0.6 is 0 Å². The Kier molecular flexibility index (Phi) is 8.68. The normalized spacial score (nSPS) is 11.7. The fourth-order valence-electron chi connectivity index (χ4n) is 2.70. The molecule has 0 bridgehead atoms. The quantitative estimate of drug-likeness (QED) is 0.452. The minimum Gasteiger partial charge on any atom is -0.493 e. The summed E-state index contributed by atoms with van der Waals surface area (Å²) in [5.74, 6) is 2.11. The Bertz CT molecular complexity index is 714. The summed E-state index contributed by atoms with van der Waals surface area (Å²) >= 11 is 0. The van der Waals surface area contributed by atoms with Gasteiger partial charge in [0.2, 0.25) is 0 Å². The van der Waals surface area contributed by atoms with Crippen LogP contribution in [0, 0.1) is 0 Å². The lowest BCUT2D eigenvalue weighted by atomic mass is 10.0. The molecule has 1 N–H and O–H groups in total. The predicted molar refractivity (Wildman–Crippen MR) is 106 cm³/mol. The van der Waals surface area contributed by atoms with E-state index in [4.69, 9.17) is 18.9 Å². The maximum Gasteiger partial charge on any atom is 0.160 e. The Hall–Kier alpha value is -2.50. The number of aryl methyl sites for hydroxylation is 1. The summed E-state index contributed by atoms with van der Waals surface area (Å²) in [6.45, 7) is 5.07. The topological polar surface area (TPSA) is 57.2 Å². The summed E-state index contributed by atoms with van der Waals surface area (Å²) < 4.78 is 21.5. The van der Waals surface area contributed by atoms with E-state index in [2.05, 4.69) is 6.58 Å². The van der Waals surface area contributed by atoms with Gasteiger partial charge in [-0.1, -0.05) is 24.3 Å². The van der Waals surface area contributed by atoms with Crippen LogP contribution < -0.4 is 14.2 Å². The lowest BCUT2D eigenvalue weighted by molar-refractivity contribution is 0.120. The van der Waals surface area contributed by atoms with Gasteiger partial charge >= 0.3 is 0 Å². The van der Waals surface area contributed by atoms with Crippen LogP contribution in [0.4, 0.5) is 0 Å². The smallest absolute Gasteiger partial charge is 0.160 e. The van der Waals surface area contributed by atoms with E-state index in [-0.39, 0.29) is 0 Å². The lowest BCUT2D eigenvalue weighted by Crippen LogP contribution is -2.07. The number of methoxy groups -OCH3 is 2. The molecule has 0 heterocycles. The first-order valence-electron chi connectivity index (χ1n) is 8.98. The van der Waals surface area contributed by atoms with Crippen LogP contribution in [0.15, 0.2) is 55.1 Å². The van der Waals surface area contributed by atoms with Gasteiger partial charge in [0, 0.05) is 0 Å². The summed E-state index contributed by atoms with van der Waals surface area (Å²) in [7, 11) is 3.23. The Morgan fingerprint density at radius 1 is 1.04 bits per heavy atom. The molecule has 5 nitrogen and oxygen atoms in total. The molecule has 0 spiro atoms. The van der Waals surface area contributed by atoms with E-state index in [0.717, 1.165) is 23.3 Å². The fourth-order valence-corrected chi connectivity index (χ4v) is 2.70. The van der Waals surface area contributed by atoms with Crippen molar-refractivity contribution in [1.29, 1.82) is 0 Å². The molecule has 0 aromatic heterocycles. The van der Waals surface area contributed by atoms with E-state index in [1.54, 1.807) is 20.3 Å². The highest BCUT2D eigenvalue weighted by Gasteiger charge is 2.11. The van der Waals surface area contributed by atoms with Gasteiger partial charge in [0.25, 0.3) is 0 Å². The second-order valence-electron chi connectivity index (χ2n) is 6.03. The Balaban J connectivity index is 1.89. The number of benzene rings is 2. The third-order valence-electron chi connectivity index (χ3n) is 4.13. The van der Waals surface area contributed by atoms with Gasteiger partial charge < -0.3 is 24.1 Å². The molecule has 5 heteroatoms. The van der Waals surface area contributed by atoms with E-state index < -0.39 is 6.10 Å². The first-order valence-corrected chi connectivity index (χ1v) is 8.98. The molecular formula is C22H28O5. The van der Waals surface area contributed by atoms with Crippen molar-refractivity contribution < 1.29 is 24.1 Å². The molecule has 2 aromatic rings. The highest BCUT2D eigenvalue weighted by molar-refractivity contribution is 5.43. The average molecular weight is 372 g/mol. The number of ether oxygens (including phenoxy) is 4. The minimum atomic E-state index is -0.571. The Morgan fingerprint density at radius 2 is 1.85 bits per heavy atom. The SMILES string of the molecule is C=CCOCCOc1cccc([C@H](O)CCc2ccc(OC)c(OC)c2)c1. The maximum atomic E-state index is 10.5. The van der Waals surface area contributed by atoms with Crippen molar-refractivity contribution in [2.45, 2.75) is 18.9 Å². The lowest BCUT2D eigenvalue weighted by Gasteiger charge is -2.14. The zero-order valence-corrected chi connectivity index (χ0v) is 16.0. The second kappa shape index (κ2) is 11.3. The monoisotopic (exact) mass is 372 g/mol. The minimum absolute atomic E-state index is 0.457. The van der Waals surface area contributed by atoms with Gasteiger partial charge in [-0.2, -0.15) is 0 Å². The largest absolute Gasteiger partial charge is 0.493 e. The summed E-state index contributed by atoms with van der Waals surface area (Å²) in [6, 6.07) is 13.3. The third kappa shape index (κ3) is 6.62. The van der Waals surface area contributed by atoms with Crippen LogP contribution in [0.25, 0.3) is 0 Å². The summed E-state index contributed by atoms with van der Waals surface area (Å²) in [5.41, 5.74) is 1.92. The number of hydrogen-bond acceptors (Lipinski definition) is 5. The molecule has 0 amide bonds. The fraction of sp³-hybridized carbons (Fsp3) is 0.364. The van der Waals surface area contributed by atoms with Gasteiger partial charge in [0.15, 0.2) is 11.5 Å². The third-order valence-corrected chi connectivity index (χ3v) is 4.13. The maximum absolute atomic E-state index is 10.5. The van der Waals surface area contributed by atoms with Crippen molar-refractivity contribution in [2.24, 2.45) is 0 Å². The molecule has 146 valence electrons. The molecule has 0 aliphatic rings. The Labute approximate surface area is 161 Å². The van der Waals surface area contributed by atoms with Gasteiger partial charge in [-0.15, -0.1) is 6.58 Å². The van der Waals surface area contributed by atoms with Crippen molar-refractivity contribution in [3.05, 3.63) is 66.2 Å². The van der Waals surface area contributed by atoms with Gasteiger partial charge in [0.05, 0.1) is 33.5 Å². The summed E-state index contributed by atoms with van der Waals surface area (Å²) in [6.07, 6.45) is 2.46. The van der Waals surface area contributed by atoms with Crippen molar-refractivity contribution in [1.82, 2.24) is 0 Å². The van der Waals surface area contributed by atoms with Crippen LogP contribution in [0.2, 0.25) is 0 Å². The molecule has 2 aromatic carbocycles. The van der Waals surface area contributed by atoms with Crippen molar-refractivity contribution >= 4 is 0 Å². The summed E-state index contributed by atoms with van der Waals surface area (Å²) in [4.78, 5) is 0. The molecule has 2 rings (SSSR count).